The molecule has 0 amide bonds. The molecule has 0 bridgehead atoms. The van der Waals surface area contributed by atoms with Crippen LogP contribution in [0.15, 0.2) is 36.3 Å². The highest BCUT2D eigenvalue weighted by atomic mass is 15.4. The van der Waals surface area contributed by atoms with E-state index in [2.05, 4.69) is 54.3 Å². The summed E-state index contributed by atoms with van der Waals surface area (Å²) in [4.78, 5) is 4.58. The molecule has 0 aromatic carbocycles. The van der Waals surface area contributed by atoms with Crippen LogP contribution in [0.25, 0.3) is 0 Å². The molecule has 2 heterocycles. The number of nitrogens with zero attached hydrogens (tertiary/aromatic N) is 2. The van der Waals surface area contributed by atoms with Gasteiger partial charge in [0.2, 0.25) is 0 Å². The summed E-state index contributed by atoms with van der Waals surface area (Å²) in [6, 6.07) is 0.588. The molecule has 0 N–H and O–H groups in total. The minimum atomic E-state index is 0.588. The maximum absolute atomic E-state index is 2.33. The summed E-state index contributed by atoms with van der Waals surface area (Å²) in [5, 5.41) is 0. The van der Waals surface area contributed by atoms with Crippen molar-refractivity contribution >= 4 is 0 Å². The molecule has 0 unspecified atom stereocenters. The van der Waals surface area contributed by atoms with Crippen LogP contribution in [0.2, 0.25) is 0 Å². The molecule has 0 spiro atoms. The first kappa shape index (κ1) is 7.47. The third kappa shape index (κ3) is 1.13. The Bertz CT molecular complexity index is 261. The van der Waals surface area contributed by atoms with Crippen molar-refractivity contribution in [1.82, 2.24) is 9.80 Å². The van der Waals surface area contributed by atoms with Crippen molar-refractivity contribution in [2.24, 2.45) is 0 Å². The zero-order chi connectivity index (χ0) is 8.55. The van der Waals surface area contributed by atoms with Crippen molar-refractivity contribution in [1.29, 1.82) is 0 Å². The van der Waals surface area contributed by atoms with Crippen LogP contribution in [-0.2, 0) is 0 Å². The fraction of sp³-hybridized carbons (Fsp3) is 0.400. The van der Waals surface area contributed by atoms with Crippen LogP contribution in [0.5, 0.6) is 0 Å². The summed E-state index contributed by atoms with van der Waals surface area (Å²) in [6.45, 7) is 5.42. The summed E-state index contributed by atoms with van der Waals surface area (Å²) in [6.07, 6.45) is 10.6. The van der Waals surface area contributed by atoms with Gasteiger partial charge in [-0.15, -0.1) is 0 Å². The zero-order valence-corrected chi connectivity index (χ0v) is 7.57. The summed E-state index contributed by atoms with van der Waals surface area (Å²) in [7, 11) is 0. The van der Waals surface area contributed by atoms with E-state index in [0.717, 1.165) is 6.67 Å². The van der Waals surface area contributed by atoms with E-state index in [1.54, 1.807) is 0 Å². The van der Waals surface area contributed by atoms with Crippen molar-refractivity contribution in [2.75, 3.05) is 6.67 Å². The fourth-order valence-corrected chi connectivity index (χ4v) is 1.43. The van der Waals surface area contributed by atoms with E-state index in [4.69, 9.17) is 0 Å². The average molecular weight is 162 g/mol. The molecule has 2 nitrogen and oxygen atoms in total. The van der Waals surface area contributed by atoms with Gasteiger partial charge >= 0.3 is 0 Å². The van der Waals surface area contributed by atoms with Crippen molar-refractivity contribution in [2.45, 2.75) is 19.9 Å². The molecule has 0 saturated heterocycles. The van der Waals surface area contributed by atoms with Crippen LogP contribution >= 0.6 is 0 Å². The fourth-order valence-electron chi connectivity index (χ4n) is 1.43. The predicted octanol–water partition coefficient (Wildman–Crippen LogP) is 1.89. The summed E-state index contributed by atoms with van der Waals surface area (Å²) < 4.78 is 0. The maximum atomic E-state index is 2.33. The van der Waals surface area contributed by atoms with Crippen LogP contribution in [0, 0.1) is 0 Å². The molecule has 12 heavy (non-hydrogen) atoms. The number of hydrogen-bond donors (Lipinski definition) is 0. The minimum Gasteiger partial charge on any atom is -0.355 e. The maximum Gasteiger partial charge on any atom is 0.0944 e. The van der Waals surface area contributed by atoms with Crippen LogP contribution in [0.3, 0.4) is 0 Å². The van der Waals surface area contributed by atoms with Gasteiger partial charge in [0.1, 0.15) is 0 Å². The first-order chi connectivity index (χ1) is 5.77. The van der Waals surface area contributed by atoms with Gasteiger partial charge in [-0.3, -0.25) is 0 Å². The van der Waals surface area contributed by atoms with Crippen molar-refractivity contribution in [3.8, 4) is 0 Å². The van der Waals surface area contributed by atoms with Crippen molar-refractivity contribution in [3.63, 3.8) is 0 Å². The topological polar surface area (TPSA) is 6.48 Å². The predicted molar refractivity (Wildman–Crippen MR) is 50.0 cm³/mol. The number of allylic oxidation sites excluding steroid dienone is 3. The van der Waals surface area contributed by atoms with Crippen molar-refractivity contribution < 1.29 is 0 Å². The Morgan fingerprint density at radius 1 is 1.33 bits per heavy atom. The highest BCUT2D eigenvalue weighted by Gasteiger charge is 2.19. The molecule has 2 heteroatoms. The van der Waals surface area contributed by atoms with Gasteiger partial charge in [-0.2, -0.15) is 0 Å². The molecule has 0 aromatic rings. The van der Waals surface area contributed by atoms with Crippen LogP contribution in [-0.4, -0.2) is 22.5 Å². The number of rotatable bonds is 1. The zero-order valence-electron chi connectivity index (χ0n) is 7.57. The Labute approximate surface area is 73.5 Å². The Kier molecular flexibility index (Phi) is 1.68. The van der Waals surface area contributed by atoms with Gasteiger partial charge < -0.3 is 9.80 Å². The summed E-state index contributed by atoms with van der Waals surface area (Å²) in [5.74, 6) is 0. The molecular formula is C10H14N2. The molecule has 0 aromatic heterocycles. The minimum absolute atomic E-state index is 0.588. The largest absolute Gasteiger partial charge is 0.355 e. The molecule has 2 aliphatic rings. The second kappa shape index (κ2) is 2.70. The van der Waals surface area contributed by atoms with Gasteiger partial charge in [0.25, 0.3) is 0 Å². The van der Waals surface area contributed by atoms with Crippen LogP contribution in [0.1, 0.15) is 13.8 Å². The van der Waals surface area contributed by atoms with E-state index in [1.807, 2.05) is 0 Å². The Hall–Kier alpha value is -1.18. The molecule has 0 saturated carbocycles. The van der Waals surface area contributed by atoms with E-state index in [-0.39, 0.29) is 0 Å². The first-order valence-electron chi connectivity index (χ1n) is 4.36. The van der Waals surface area contributed by atoms with Gasteiger partial charge in [-0.25, -0.2) is 0 Å². The molecule has 0 atom stereocenters. The van der Waals surface area contributed by atoms with Gasteiger partial charge in [0, 0.05) is 18.4 Å². The third-order valence-corrected chi connectivity index (χ3v) is 2.25. The summed E-state index contributed by atoms with van der Waals surface area (Å²) in [5.41, 5.74) is 1.30. The van der Waals surface area contributed by atoms with Gasteiger partial charge in [-0.1, -0.05) is 6.08 Å². The Morgan fingerprint density at radius 3 is 2.83 bits per heavy atom. The highest BCUT2D eigenvalue weighted by Crippen LogP contribution is 2.21. The number of hydrogen-bond acceptors (Lipinski definition) is 2. The monoisotopic (exact) mass is 162 g/mol. The van der Waals surface area contributed by atoms with E-state index in [0.29, 0.717) is 6.04 Å². The lowest BCUT2D eigenvalue weighted by molar-refractivity contribution is 0.264. The molecule has 0 fully saturated rings. The third-order valence-electron chi connectivity index (χ3n) is 2.25. The first-order valence-corrected chi connectivity index (χ1v) is 4.36. The molecular weight excluding hydrogens is 148 g/mol. The standard InChI is InChI=1S/C10H14N2/c1-9(2)12-7-10-5-3-4-6-11(10)8-12/h3-7,9H,8H2,1-2H3. The Morgan fingerprint density at radius 2 is 2.17 bits per heavy atom. The van der Waals surface area contributed by atoms with Crippen molar-refractivity contribution in [3.05, 3.63) is 36.3 Å². The molecule has 0 radical (unpaired) electrons. The SMILES string of the molecule is CC(C)N1C=C2C=CC=CN2C1. The van der Waals surface area contributed by atoms with Gasteiger partial charge in [-0.05, 0) is 26.0 Å². The summed E-state index contributed by atoms with van der Waals surface area (Å²) >= 11 is 0. The number of fused-ring (bicyclic) bond motifs is 1. The lowest BCUT2D eigenvalue weighted by Crippen LogP contribution is -2.28. The highest BCUT2D eigenvalue weighted by molar-refractivity contribution is 5.29. The average Bonchev–Trinajstić information content (AvgIpc) is 2.46. The van der Waals surface area contributed by atoms with Crippen LogP contribution < -0.4 is 0 Å². The van der Waals surface area contributed by atoms with Gasteiger partial charge in [0.05, 0.1) is 12.4 Å². The van der Waals surface area contributed by atoms with E-state index >= 15 is 0 Å². The van der Waals surface area contributed by atoms with E-state index < -0.39 is 0 Å². The molecule has 2 aliphatic heterocycles. The quantitative estimate of drug-likeness (QED) is 0.581. The van der Waals surface area contributed by atoms with Gasteiger partial charge in [0.15, 0.2) is 0 Å². The normalized spacial score (nSPS) is 20.4. The second-order valence-corrected chi connectivity index (χ2v) is 3.47. The molecule has 64 valence electrons. The lowest BCUT2D eigenvalue weighted by atomic mass is 10.3. The molecule has 2 rings (SSSR count). The second-order valence-electron chi connectivity index (χ2n) is 3.47. The van der Waals surface area contributed by atoms with E-state index in [9.17, 15) is 0 Å². The van der Waals surface area contributed by atoms with E-state index in [1.165, 1.54) is 5.70 Å². The molecule has 0 aliphatic carbocycles. The smallest absolute Gasteiger partial charge is 0.0944 e. The van der Waals surface area contributed by atoms with Crippen LogP contribution in [0.4, 0.5) is 0 Å². The lowest BCUT2D eigenvalue weighted by Gasteiger charge is -2.23. The Balaban J connectivity index is 2.17.